The summed E-state index contributed by atoms with van der Waals surface area (Å²) in [5, 5.41) is 3.69. The third kappa shape index (κ3) is 2.94. The van der Waals surface area contributed by atoms with Crippen LogP contribution in [0.15, 0.2) is 0 Å². The van der Waals surface area contributed by atoms with Crippen LogP contribution in [-0.4, -0.2) is 26.3 Å². The van der Waals surface area contributed by atoms with Gasteiger partial charge in [-0.25, -0.2) is 0 Å². The van der Waals surface area contributed by atoms with Crippen LogP contribution in [0.3, 0.4) is 0 Å². The summed E-state index contributed by atoms with van der Waals surface area (Å²) in [5.41, 5.74) is 0. The van der Waals surface area contributed by atoms with Crippen molar-refractivity contribution in [3.63, 3.8) is 0 Å². The van der Waals surface area contributed by atoms with Gasteiger partial charge in [-0.15, -0.1) is 0 Å². The first-order chi connectivity index (χ1) is 7.42. The Labute approximate surface area is 93.8 Å². The molecule has 0 aromatic rings. The Kier molecular flexibility index (Phi) is 4.45. The average molecular weight is 211 g/mol. The highest BCUT2D eigenvalue weighted by atomic mass is 16.5. The normalized spacial score (nSPS) is 29.0. The number of hydrogen-bond donors (Lipinski definition) is 1. The molecule has 1 aliphatic heterocycles. The Bertz CT molecular complexity index is 173. The minimum Gasteiger partial charge on any atom is -0.385 e. The summed E-state index contributed by atoms with van der Waals surface area (Å²) in [7, 11) is 1.81. The predicted octanol–water partition coefficient (Wildman–Crippen LogP) is 2.58. The lowest BCUT2D eigenvalue weighted by molar-refractivity contribution is 0.134. The molecule has 2 nitrogen and oxygen atoms in total. The van der Waals surface area contributed by atoms with E-state index in [0.717, 1.165) is 24.5 Å². The van der Waals surface area contributed by atoms with E-state index >= 15 is 0 Å². The quantitative estimate of drug-likeness (QED) is 0.682. The molecule has 1 saturated heterocycles. The monoisotopic (exact) mass is 211 g/mol. The molecular weight excluding hydrogens is 186 g/mol. The smallest absolute Gasteiger partial charge is 0.0462 e. The van der Waals surface area contributed by atoms with E-state index in [1.54, 1.807) is 0 Å². The van der Waals surface area contributed by atoms with E-state index in [1.165, 1.54) is 51.5 Å². The van der Waals surface area contributed by atoms with Crippen molar-refractivity contribution in [3.8, 4) is 0 Å². The van der Waals surface area contributed by atoms with Gasteiger partial charge in [-0.1, -0.05) is 19.3 Å². The van der Waals surface area contributed by atoms with Crippen LogP contribution < -0.4 is 5.32 Å². The Balaban J connectivity index is 1.78. The van der Waals surface area contributed by atoms with Crippen molar-refractivity contribution < 1.29 is 4.74 Å². The molecule has 0 aromatic heterocycles. The van der Waals surface area contributed by atoms with Crippen LogP contribution in [0, 0.1) is 11.8 Å². The van der Waals surface area contributed by atoms with Crippen molar-refractivity contribution in [3.05, 3.63) is 0 Å². The Morgan fingerprint density at radius 1 is 1.27 bits per heavy atom. The van der Waals surface area contributed by atoms with Crippen molar-refractivity contribution in [1.82, 2.24) is 5.32 Å². The molecule has 2 rings (SSSR count). The van der Waals surface area contributed by atoms with Gasteiger partial charge in [0.05, 0.1) is 0 Å². The largest absolute Gasteiger partial charge is 0.385 e. The van der Waals surface area contributed by atoms with Gasteiger partial charge < -0.3 is 10.1 Å². The molecule has 0 amide bonds. The van der Waals surface area contributed by atoms with Crippen LogP contribution in [-0.2, 0) is 4.74 Å². The molecule has 15 heavy (non-hydrogen) atoms. The molecular formula is C13H25NO. The lowest BCUT2D eigenvalue weighted by Crippen LogP contribution is -2.38. The number of nitrogens with one attached hydrogen (secondary N) is 1. The van der Waals surface area contributed by atoms with Crippen LogP contribution in [0.2, 0.25) is 0 Å². The highest BCUT2D eigenvalue weighted by Gasteiger charge is 2.33. The molecule has 0 aromatic carbocycles. The summed E-state index contributed by atoms with van der Waals surface area (Å²) < 4.78 is 5.17. The maximum Gasteiger partial charge on any atom is 0.0462 e. The van der Waals surface area contributed by atoms with E-state index in [9.17, 15) is 0 Å². The first-order valence-corrected chi connectivity index (χ1v) is 6.64. The zero-order valence-corrected chi connectivity index (χ0v) is 10.0. The third-order valence-electron chi connectivity index (χ3n) is 4.26. The fourth-order valence-corrected chi connectivity index (χ4v) is 3.17. The van der Waals surface area contributed by atoms with Gasteiger partial charge in [-0.3, -0.25) is 0 Å². The molecule has 0 bridgehead atoms. The molecule has 0 spiro atoms. The van der Waals surface area contributed by atoms with Crippen LogP contribution >= 0.6 is 0 Å². The molecule has 2 heteroatoms. The lowest BCUT2D eigenvalue weighted by Gasteiger charge is -2.37. The average Bonchev–Trinajstić information content (AvgIpc) is 2.66. The Morgan fingerprint density at radius 2 is 2.13 bits per heavy atom. The lowest BCUT2D eigenvalue weighted by atomic mass is 9.71. The summed E-state index contributed by atoms with van der Waals surface area (Å²) in [4.78, 5) is 0. The second kappa shape index (κ2) is 5.86. The molecule has 2 aliphatic rings. The van der Waals surface area contributed by atoms with Crippen molar-refractivity contribution in [2.24, 2.45) is 11.8 Å². The summed E-state index contributed by atoms with van der Waals surface area (Å²) in [6, 6.07) is 0.826. The molecule has 2 unspecified atom stereocenters. The Morgan fingerprint density at radius 3 is 2.67 bits per heavy atom. The zero-order chi connectivity index (χ0) is 10.5. The Hall–Kier alpha value is -0.0800. The number of methoxy groups -OCH3 is 1. The van der Waals surface area contributed by atoms with E-state index in [2.05, 4.69) is 5.32 Å². The second-order valence-corrected chi connectivity index (χ2v) is 5.19. The molecule has 1 heterocycles. The van der Waals surface area contributed by atoms with E-state index in [-0.39, 0.29) is 0 Å². The molecule has 2 fully saturated rings. The number of hydrogen-bond acceptors (Lipinski definition) is 2. The SMILES string of the molecule is COCCCC(C1CCC1)C1CCCN1. The third-order valence-corrected chi connectivity index (χ3v) is 4.26. The summed E-state index contributed by atoms with van der Waals surface area (Å²) in [5.74, 6) is 1.97. The van der Waals surface area contributed by atoms with Crippen LogP contribution in [0.5, 0.6) is 0 Å². The molecule has 1 saturated carbocycles. The van der Waals surface area contributed by atoms with E-state index in [1.807, 2.05) is 7.11 Å². The first-order valence-electron chi connectivity index (χ1n) is 6.64. The van der Waals surface area contributed by atoms with Gasteiger partial charge in [0.25, 0.3) is 0 Å². The fourth-order valence-electron chi connectivity index (χ4n) is 3.17. The van der Waals surface area contributed by atoms with Crippen molar-refractivity contribution >= 4 is 0 Å². The van der Waals surface area contributed by atoms with Crippen molar-refractivity contribution in [2.75, 3.05) is 20.3 Å². The minimum absolute atomic E-state index is 0.826. The van der Waals surface area contributed by atoms with E-state index in [0.29, 0.717) is 0 Å². The molecule has 2 atom stereocenters. The maximum atomic E-state index is 5.17. The van der Waals surface area contributed by atoms with Gasteiger partial charge in [-0.05, 0) is 44.1 Å². The van der Waals surface area contributed by atoms with Crippen LogP contribution in [0.4, 0.5) is 0 Å². The van der Waals surface area contributed by atoms with Crippen LogP contribution in [0.1, 0.15) is 44.9 Å². The number of rotatable bonds is 6. The highest BCUT2D eigenvalue weighted by Crippen LogP contribution is 2.39. The fraction of sp³-hybridized carbons (Fsp3) is 1.00. The number of ether oxygens (including phenoxy) is 1. The first kappa shape index (κ1) is 11.4. The topological polar surface area (TPSA) is 21.3 Å². The van der Waals surface area contributed by atoms with Crippen molar-refractivity contribution in [1.29, 1.82) is 0 Å². The van der Waals surface area contributed by atoms with Crippen molar-refractivity contribution in [2.45, 2.75) is 51.0 Å². The molecule has 88 valence electrons. The van der Waals surface area contributed by atoms with Gasteiger partial charge in [0.1, 0.15) is 0 Å². The van der Waals surface area contributed by atoms with Gasteiger partial charge >= 0.3 is 0 Å². The second-order valence-electron chi connectivity index (χ2n) is 5.19. The minimum atomic E-state index is 0.826. The zero-order valence-electron chi connectivity index (χ0n) is 10.0. The highest BCUT2D eigenvalue weighted by molar-refractivity contribution is 4.88. The summed E-state index contributed by atoms with van der Waals surface area (Å²) in [6.07, 6.45) is 9.85. The predicted molar refractivity (Wildman–Crippen MR) is 63.0 cm³/mol. The maximum absolute atomic E-state index is 5.17. The van der Waals surface area contributed by atoms with Gasteiger partial charge in [0.15, 0.2) is 0 Å². The standard InChI is InChI=1S/C13H25NO/c1-15-10-4-7-12(11-5-2-6-11)13-8-3-9-14-13/h11-14H,2-10H2,1H3. The summed E-state index contributed by atoms with van der Waals surface area (Å²) >= 11 is 0. The van der Waals surface area contributed by atoms with Crippen LogP contribution in [0.25, 0.3) is 0 Å². The van der Waals surface area contributed by atoms with Gasteiger partial charge in [-0.2, -0.15) is 0 Å². The van der Waals surface area contributed by atoms with E-state index < -0.39 is 0 Å². The van der Waals surface area contributed by atoms with Gasteiger partial charge in [0.2, 0.25) is 0 Å². The van der Waals surface area contributed by atoms with Gasteiger partial charge in [0, 0.05) is 19.8 Å². The molecule has 0 radical (unpaired) electrons. The molecule has 1 aliphatic carbocycles. The van der Waals surface area contributed by atoms with E-state index in [4.69, 9.17) is 4.74 Å². The summed E-state index contributed by atoms with van der Waals surface area (Å²) in [6.45, 7) is 2.19. The molecule has 1 N–H and O–H groups in total.